The molecule has 6 nitrogen and oxygen atoms in total. The fourth-order valence-corrected chi connectivity index (χ4v) is 4.24. The first-order chi connectivity index (χ1) is 18.7. The number of methoxy groups -OCH3 is 1. The van der Waals surface area contributed by atoms with Gasteiger partial charge in [0.15, 0.2) is 0 Å². The van der Waals surface area contributed by atoms with E-state index in [1.165, 1.54) is 7.11 Å². The van der Waals surface area contributed by atoms with Crippen molar-refractivity contribution in [3.05, 3.63) is 109 Å². The molecule has 0 aliphatic rings. The fraction of sp³-hybridized carbons (Fsp3) is 0.156. The van der Waals surface area contributed by atoms with Gasteiger partial charge < -0.3 is 23.7 Å². The maximum Gasteiger partial charge on any atom is 0.338 e. The summed E-state index contributed by atoms with van der Waals surface area (Å²) in [7, 11) is 1.34. The van der Waals surface area contributed by atoms with Crippen molar-refractivity contribution in [2.75, 3.05) is 33.5 Å². The minimum Gasteiger partial charge on any atom is -0.490 e. The zero-order valence-corrected chi connectivity index (χ0v) is 21.1. The van der Waals surface area contributed by atoms with Crippen molar-refractivity contribution in [3.8, 4) is 23.0 Å². The molecule has 5 aromatic rings. The lowest BCUT2D eigenvalue weighted by Gasteiger charge is -2.14. The zero-order chi connectivity index (χ0) is 26.2. The minimum absolute atomic E-state index is 0.289. The smallest absolute Gasteiger partial charge is 0.338 e. The van der Waals surface area contributed by atoms with Crippen molar-refractivity contribution in [2.24, 2.45) is 0 Å². The maximum absolute atomic E-state index is 12.2. The molecule has 0 heterocycles. The number of hydrogen-bond acceptors (Lipinski definition) is 6. The van der Waals surface area contributed by atoms with Gasteiger partial charge >= 0.3 is 5.97 Å². The summed E-state index contributed by atoms with van der Waals surface area (Å²) in [5.74, 6) is 2.09. The van der Waals surface area contributed by atoms with Crippen LogP contribution in [0.3, 0.4) is 0 Å². The lowest BCUT2D eigenvalue weighted by atomic mass is 10.1. The normalized spacial score (nSPS) is 10.8. The Hall–Kier alpha value is -4.71. The van der Waals surface area contributed by atoms with Gasteiger partial charge in [-0.2, -0.15) is 0 Å². The average molecular weight is 509 g/mol. The van der Waals surface area contributed by atoms with Gasteiger partial charge in [-0.25, -0.2) is 4.79 Å². The van der Waals surface area contributed by atoms with Crippen LogP contribution in [0, 0.1) is 0 Å². The molecule has 6 heteroatoms. The van der Waals surface area contributed by atoms with Crippen LogP contribution in [0.25, 0.3) is 21.5 Å². The third-order valence-corrected chi connectivity index (χ3v) is 6.02. The van der Waals surface area contributed by atoms with Crippen molar-refractivity contribution in [1.29, 1.82) is 0 Å². The largest absolute Gasteiger partial charge is 0.490 e. The van der Waals surface area contributed by atoms with Crippen LogP contribution in [0.15, 0.2) is 103 Å². The van der Waals surface area contributed by atoms with Gasteiger partial charge in [-0.3, -0.25) is 0 Å². The summed E-state index contributed by atoms with van der Waals surface area (Å²) in [6, 6.07) is 33.0. The highest BCUT2D eigenvalue weighted by Gasteiger charge is 2.11. The van der Waals surface area contributed by atoms with Crippen LogP contribution in [0.5, 0.6) is 23.0 Å². The molecule has 0 aliphatic heterocycles. The van der Waals surface area contributed by atoms with E-state index < -0.39 is 5.97 Å². The molecule has 0 saturated heterocycles. The number of ether oxygens (including phenoxy) is 5. The first-order valence-corrected chi connectivity index (χ1v) is 12.4. The molecule has 0 radical (unpaired) electrons. The molecular weight excluding hydrogens is 480 g/mol. The van der Waals surface area contributed by atoms with E-state index in [1.54, 1.807) is 18.2 Å². The molecule has 0 spiro atoms. The number of rotatable bonds is 11. The van der Waals surface area contributed by atoms with Crippen molar-refractivity contribution in [3.63, 3.8) is 0 Å². The summed E-state index contributed by atoms with van der Waals surface area (Å²) >= 11 is 0. The van der Waals surface area contributed by atoms with E-state index in [1.807, 2.05) is 84.9 Å². The van der Waals surface area contributed by atoms with E-state index >= 15 is 0 Å². The van der Waals surface area contributed by atoms with Gasteiger partial charge in [0.05, 0.1) is 12.7 Å². The van der Waals surface area contributed by atoms with Gasteiger partial charge in [0.2, 0.25) is 0 Å². The van der Waals surface area contributed by atoms with Crippen molar-refractivity contribution < 1.29 is 28.5 Å². The lowest BCUT2D eigenvalue weighted by Crippen LogP contribution is -2.12. The minimum atomic E-state index is -0.473. The van der Waals surface area contributed by atoms with E-state index in [4.69, 9.17) is 23.7 Å². The molecule has 0 fully saturated rings. The van der Waals surface area contributed by atoms with Crippen molar-refractivity contribution >= 4 is 27.5 Å². The quantitative estimate of drug-likeness (QED) is 0.146. The molecule has 5 aromatic carbocycles. The van der Waals surface area contributed by atoms with Gasteiger partial charge in [0.25, 0.3) is 0 Å². The number of fused-ring (bicyclic) bond motifs is 2. The first-order valence-electron chi connectivity index (χ1n) is 12.4. The Morgan fingerprint density at radius 2 is 1.00 bits per heavy atom. The fourth-order valence-electron chi connectivity index (χ4n) is 4.24. The Bertz CT molecular complexity index is 1430. The van der Waals surface area contributed by atoms with Crippen LogP contribution in [0.4, 0.5) is 0 Å². The molecule has 0 N–H and O–H groups in total. The van der Waals surface area contributed by atoms with Crippen LogP contribution < -0.4 is 18.9 Å². The van der Waals surface area contributed by atoms with Crippen LogP contribution in [-0.2, 0) is 4.74 Å². The van der Waals surface area contributed by atoms with Crippen molar-refractivity contribution in [2.45, 2.75) is 0 Å². The number of esters is 1. The van der Waals surface area contributed by atoms with Crippen LogP contribution in [0.2, 0.25) is 0 Å². The molecule has 0 aromatic heterocycles. The first kappa shape index (κ1) is 25.0. The summed E-state index contributed by atoms with van der Waals surface area (Å²) in [5, 5.41) is 4.32. The number of benzene rings is 5. The van der Waals surface area contributed by atoms with Crippen molar-refractivity contribution in [1.82, 2.24) is 0 Å². The third-order valence-electron chi connectivity index (χ3n) is 6.02. The summed E-state index contributed by atoms with van der Waals surface area (Å²) in [5.41, 5.74) is 0.338. The summed E-state index contributed by atoms with van der Waals surface area (Å²) < 4.78 is 28.6. The highest BCUT2D eigenvalue weighted by molar-refractivity contribution is 5.90. The summed E-state index contributed by atoms with van der Waals surface area (Å²) in [6.07, 6.45) is 0. The number of hydrogen-bond donors (Lipinski definition) is 0. The molecule has 0 atom stereocenters. The van der Waals surface area contributed by atoms with E-state index in [0.29, 0.717) is 30.3 Å². The predicted octanol–water partition coefficient (Wildman–Crippen LogP) is 6.70. The van der Waals surface area contributed by atoms with Gasteiger partial charge in [0.1, 0.15) is 49.4 Å². The molecule has 38 heavy (non-hydrogen) atoms. The Labute approximate surface area is 221 Å². The molecular formula is C32H28O6. The molecule has 0 amide bonds. The van der Waals surface area contributed by atoms with Crippen LogP contribution in [-0.4, -0.2) is 39.5 Å². The number of carbonyl (C=O) groups excluding carboxylic acids is 1. The van der Waals surface area contributed by atoms with Crippen LogP contribution in [0.1, 0.15) is 10.4 Å². The monoisotopic (exact) mass is 508 g/mol. The predicted molar refractivity (Wildman–Crippen MR) is 148 cm³/mol. The Kier molecular flexibility index (Phi) is 7.89. The Morgan fingerprint density at radius 1 is 0.553 bits per heavy atom. The average Bonchev–Trinajstić information content (AvgIpc) is 2.97. The third kappa shape index (κ3) is 5.98. The second-order valence-corrected chi connectivity index (χ2v) is 8.53. The van der Waals surface area contributed by atoms with Gasteiger partial charge in [-0.1, -0.05) is 72.8 Å². The molecule has 192 valence electrons. The lowest BCUT2D eigenvalue weighted by molar-refractivity contribution is 0.0599. The molecule has 0 saturated carbocycles. The second-order valence-electron chi connectivity index (χ2n) is 8.53. The molecule has 0 unspecified atom stereocenters. The standard InChI is InChI=1S/C32H28O6/c1-34-32(33)25-20-26(35-16-18-37-30-14-6-10-23-8-2-4-12-28(23)30)22-27(21-25)36-17-19-38-31-15-7-11-24-9-3-5-13-29(24)31/h2-15,20-22H,16-19H2,1H3. The van der Waals surface area contributed by atoms with Gasteiger partial charge in [-0.05, 0) is 35.0 Å². The van der Waals surface area contributed by atoms with E-state index in [9.17, 15) is 4.79 Å². The van der Waals surface area contributed by atoms with Gasteiger partial charge in [-0.15, -0.1) is 0 Å². The Morgan fingerprint density at radius 3 is 1.50 bits per heavy atom. The van der Waals surface area contributed by atoms with Gasteiger partial charge in [0, 0.05) is 16.8 Å². The molecule has 5 rings (SSSR count). The highest BCUT2D eigenvalue weighted by Crippen LogP contribution is 2.27. The zero-order valence-electron chi connectivity index (χ0n) is 21.1. The van der Waals surface area contributed by atoms with E-state index in [2.05, 4.69) is 0 Å². The Balaban J connectivity index is 1.19. The van der Waals surface area contributed by atoms with E-state index in [-0.39, 0.29) is 13.2 Å². The molecule has 0 bridgehead atoms. The summed E-state index contributed by atoms with van der Waals surface area (Å²) in [4.78, 5) is 12.2. The van der Waals surface area contributed by atoms with Crippen LogP contribution >= 0.6 is 0 Å². The van der Waals surface area contributed by atoms with E-state index in [0.717, 1.165) is 33.0 Å². The SMILES string of the molecule is COC(=O)c1cc(OCCOc2cccc3ccccc23)cc(OCCOc2cccc3ccccc23)c1. The molecule has 0 aliphatic carbocycles. The highest BCUT2D eigenvalue weighted by atomic mass is 16.5. The number of carbonyl (C=O) groups is 1. The summed E-state index contributed by atoms with van der Waals surface area (Å²) in [6.45, 7) is 1.26. The topological polar surface area (TPSA) is 63.2 Å². The second kappa shape index (κ2) is 12.0. The maximum atomic E-state index is 12.2.